The molecule has 2 aliphatic carbocycles. The van der Waals surface area contributed by atoms with Crippen molar-refractivity contribution in [1.82, 2.24) is 4.57 Å². The zero-order chi connectivity index (χ0) is 22.7. The number of carbonyl (C=O) groups is 1. The maximum atomic E-state index is 13.2. The van der Waals surface area contributed by atoms with Crippen molar-refractivity contribution in [3.05, 3.63) is 78.7 Å². The Kier molecular flexibility index (Phi) is 5.54. The summed E-state index contributed by atoms with van der Waals surface area (Å²) < 4.78 is 2.80. The molecular formula is C26H25BrN2O2S2. The maximum Gasteiger partial charge on any atom is 0.308 e. The fourth-order valence-electron chi connectivity index (χ4n) is 6.18. The van der Waals surface area contributed by atoms with Crippen LogP contribution in [0.5, 0.6) is 0 Å². The van der Waals surface area contributed by atoms with Crippen LogP contribution in [0, 0.1) is 24.7 Å². The number of hydrogen-bond acceptors (Lipinski definition) is 4. The molecule has 2 bridgehead atoms. The number of amides is 1. The molecule has 0 radical (unpaired) electrons. The molecule has 0 saturated heterocycles. The van der Waals surface area contributed by atoms with E-state index in [1.54, 1.807) is 4.57 Å². The zero-order valence-corrected chi connectivity index (χ0v) is 21.5. The molecule has 1 aromatic heterocycles. The molecular weight excluding hydrogens is 516 g/mol. The number of thioether (sulfide) groups is 1. The van der Waals surface area contributed by atoms with Gasteiger partial charge in [-0.3, -0.25) is 14.2 Å². The molecule has 3 aliphatic rings. The quantitative estimate of drug-likeness (QED) is 0.424. The van der Waals surface area contributed by atoms with E-state index in [-0.39, 0.29) is 23.2 Å². The number of fused-ring (bicyclic) bond motifs is 6. The van der Waals surface area contributed by atoms with Crippen LogP contribution < -0.4 is 10.2 Å². The van der Waals surface area contributed by atoms with E-state index in [1.807, 2.05) is 43.0 Å². The molecule has 1 aliphatic heterocycles. The molecule has 4 nitrogen and oxygen atoms in total. The molecule has 1 N–H and O–H groups in total. The number of anilines is 1. The number of nitrogens with one attached hydrogen (secondary N) is 1. The SMILES string of the molecule is Cc1ccccc1NC(=O)Cn1c2c(sc1=O)C(c1ccc(Br)cc1)C1C3CCC(C3)C1S2. The number of para-hydroxylation sites is 1. The van der Waals surface area contributed by atoms with E-state index >= 15 is 0 Å². The molecule has 33 heavy (non-hydrogen) atoms. The van der Waals surface area contributed by atoms with Crippen LogP contribution in [0.4, 0.5) is 5.69 Å². The lowest BCUT2D eigenvalue weighted by Crippen LogP contribution is -2.34. The van der Waals surface area contributed by atoms with Crippen LogP contribution in [0.1, 0.15) is 41.2 Å². The lowest BCUT2D eigenvalue weighted by Gasteiger charge is -2.40. The molecule has 6 rings (SSSR count). The number of benzene rings is 2. The second kappa shape index (κ2) is 8.43. The molecule has 170 valence electrons. The van der Waals surface area contributed by atoms with E-state index in [0.717, 1.165) is 37.5 Å². The van der Waals surface area contributed by atoms with Gasteiger partial charge in [0, 0.05) is 26.2 Å². The minimum atomic E-state index is -0.150. The minimum absolute atomic E-state index is 0.0261. The van der Waals surface area contributed by atoms with E-state index < -0.39 is 0 Å². The smallest absolute Gasteiger partial charge is 0.308 e. The molecule has 5 unspecified atom stereocenters. The topological polar surface area (TPSA) is 51.1 Å². The van der Waals surface area contributed by atoms with Crippen LogP contribution in [-0.4, -0.2) is 15.7 Å². The largest absolute Gasteiger partial charge is 0.324 e. The van der Waals surface area contributed by atoms with E-state index in [0.29, 0.717) is 11.2 Å². The van der Waals surface area contributed by atoms with Gasteiger partial charge in [0.05, 0.1) is 5.03 Å². The van der Waals surface area contributed by atoms with Crippen LogP contribution >= 0.6 is 39.0 Å². The van der Waals surface area contributed by atoms with Crippen molar-refractivity contribution < 1.29 is 4.79 Å². The first-order valence-corrected chi connectivity index (χ1v) is 14.0. The first kappa shape index (κ1) is 21.7. The van der Waals surface area contributed by atoms with Gasteiger partial charge in [-0.2, -0.15) is 0 Å². The normalized spacial score (nSPS) is 27.3. The summed E-state index contributed by atoms with van der Waals surface area (Å²) in [4.78, 5) is 27.2. The van der Waals surface area contributed by atoms with Gasteiger partial charge in [0.15, 0.2) is 0 Å². The zero-order valence-electron chi connectivity index (χ0n) is 18.3. The fraction of sp³-hybridized carbons (Fsp3) is 0.385. The number of aromatic nitrogens is 1. The predicted octanol–water partition coefficient (Wildman–Crippen LogP) is 6.27. The standard InChI is InChI=1S/C26H25BrN2O2S2/c1-14-4-2-3-5-19(14)28-20(30)13-29-25-24(33-26(29)31)21(15-8-10-18(27)11-9-15)22-16-6-7-17(12-16)23(22)32-25/h2-5,8-11,16-17,21-23H,6-7,12-13H2,1H3,(H,28,30). The summed E-state index contributed by atoms with van der Waals surface area (Å²) in [6.07, 6.45) is 3.91. The van der Waals surface area contributed by atoms with Crippen LogP contribution in [0.25, 0.3) is 0 Å². The Morgan fingerprint density at radius 3 is 2.67 bits per heavy atom. The van der Waals surface area contributed by atoms with Gasteiger partial charge in [0.2, 0.25) is 5.91 Å². The van der Waals surface area contributed by atoms with Crippen molar-refractivity contribution in [2.75, 3.05) is 5.32 Å². The molecule has 2 saturated carbocycles. The van der Waals surface area contributed by atoms with Gasteiger partial charge < -0.3 is 5.32 Å². The van der Waals surface area contributed by atoms with Crippen molar-refractivity contribution in [3.8, 4) is 0 Å². The number of thiazole rings is 1. The molecule has 2 heterocycles. The van der Waals surface area contributed by atoms with Crippen molar-refractivity contribution in [2.24, 2.45) is 17.8 Å². The molecule has 7 heteroatoms. The van der Waals surface area contributed by atoms with Gasteiger partial charge in [-0.15, -0.1) is 11.8 Å². The first-order chi connectivity index (χ1) is 16.0. The van der Waals surface area contributed by atoms with E-state index in [4.69, 9.17) is 0 Å². The number of rotatable bonds is 4. The Bertz CT molecular complexity index is 1280. The Morgan fingerprint density at radius 1 is 1.12 bits per heavy atom. The summed E-state index contributed by atoms with van der Waals surface area (Å²) in [5, 5.41) is 4.55. The van der Waals surface area contributed by atoms with Gasteiger partial charge in [-0.25, -0.2) is 0 Å². The summed E-state index contributed by atoms with van der Waals surface area (Å²) in [7, 11) is 0. The van der Waals surface area contributed by atoms with Crippen molar-refractivity contribution >= 4 is 50.6 Å². The maximum absolute atomic E-state index is 13.2. The molecule has 2 fully saturated rings. The van der Waals surface area contributed by atoms with Crippen LogP contribution in [0.15, 0.2) is 62.8 Å². The molecule has 1 amide bonds. The molecule has 5 atom stereocenters. The lowest BCUT2D eigenvalue weighted by atomic mass is 9.75. The van der Waals surface area contributed by atoms with Gasteiger partial charge >= 0.3 is 4.87 Å². The van der Waals surface area contributed by atoms with Crippen LogP contribution in [-0.2, 0) is 11.3 Å². The number of halogens is 1. The van der Waals surface area contributed by atoms with E-state index in [1.165, 1.54) is 36.2 Å². The summed E-state index contributed by atoms with van der Waals surface area (Å²) in [5.74, 6) is 2.13. The number of hydrogen-bond donors (Lipinski definition) is 1. The summed E-state index contributed by atoms with van der Waals surface area (Å²) >= 11 is 6.79. The summed E-state index contributed by atoms with van der Waals surface area (Å²) in [6, 6.07) is 16.4. The highest BCUT2D eigenvalue weighted by atomic mass is 79.9. The molecule has 3 aromatic rings. The van der Waals surface area contributed by atoms with Crippen molar-refractivity contribution in [2.45, 2.75) is 48.9 Å². The van der Waals surface area contributed by atoms with E-state index in [2.05, 4.69) is 45.5 Å². The highest BCUT2D eigenvalue weighted by Gasteiger charge is 2.55. The van der Waals surface area contributed by atoms with Crippen molar-refractivity contribution in [1.29, 1.82) is 0 Å². The third kappa shape index (κ3) is 3.72. The lowest BCUT2D eigenvalue weighted by molar-refractivity contribution is -0.116. The Hall–Kier alpha value is -1.83. The average molecular weight is 542 g/mol. The second-order valence-electron chi connectivity index (χ2n) is 9.51. The van der Waals surface area contributed by atoms with Gasteiger partial charge in [0.1, 0.15) is 6.54 Å². The Labute approximate surface area is 209 Å². The predicted molar refractivity (Wildman–Crippen MR) is 138 cm³/mol. The number of carbonyl (C=O) groups excluding carboxylic acids is 1. The molecule has 2 aromatic carbocycles. The first-order valence-electron chi connectivity index (χ1n) is 11.5. The second-order valence-corrected chi connectivity index (χ2v) is 12.6. The van der Waals surface area contributed by atoms with Gasteiger partial charge in [-0.05, 0) is 73.3 Å². The van der Waals surface area contributed by atoms with E-state index in [9.17, 15) is 9.59 Å². The van der Waals surface area contributed by atoms with Gasteiger partial charge in [0.25, 0.3) is 0 Å². The third-order valence-electron chi connectivity index (χ3n) is 7.64. The number of aryl methyl sites for hydroxylation is 1. The Morgan fingerprint density at radius 2 is 1.88 bits per heavy atom. The Balaban J connectivity index is 1.37. The van der Waals surface area contributed by atoms with Crippen LogP contribution in [0.3, 0.4) is 0 Å². The highest BCUT2D eigenvalue weighted by molar-refractivity contribution is 9.10. The van der Waals surface area contributed by atoms with Crippen molar-refractivity contribution in [3.63, 3.8) is 0 Å². The van der Waals surface area contributed by atoms with Crippen LogP contribution in [0.2, 0.25) is 0 Å². The summed E-state index contributed by atoms with van der Waals surface area (Å²) in [6.45, 7) is 2.03. The minimum Gasteiger partial charge on any atom is -0.324 e. The number of nitrogens with zero attached hydrogens (tertiary/aromatic N) is 1. The fourth-order valence-corrected chi connectivity index (χ4v) is 9.59. The monoisotopic (exact) mass is 540 g/mol. The highest BCUT2D eigenvalue weighted by Crippen LogP contribution is 2.64. The van der Waals surface area contributed by atoms with Gasteiger partial charge in [-0.1, -0.05) is 57.6 Å². The third-order valence-corrected chi connectivity index (χ3v) is 11.0. The average Bonchev–Trinajstić information content (AvgIpc) is 3.49. The molecule has 0 spiro atoms. The summed E-state index contributed by atoms with van der Waals surface area (Å²) in [5.41, 5.74) is 3.10.